The van der Waals surface area contributed by atoms with Gasteiger partial charge in [-0.2, -0.15) is 0 Å². The summed E-state index contributed by atoms with van der Waals surface area (Å²) in [6.07, 6.45) is 0.987. The Labute approximate surface area is 113 Å². The van der Waals surface area contributed by atoms with Gasteiger partial charge in [0.15, 0.2) is 0 Å². The van der Waals surface area contributed by atoms with Gasteiger partial charge in [-0.15, -0.1) is 0 Å². The molecule has 1 aliphatic rings. The first-order valence-electron chi connectivity index (χ1n) is 6.60. The summed E-state index contributed by atoms with van der Waals surface area (Å²) in [7, 11) is 0. The Morgan fingerprint density at radius 3 is 2.79 bits per heavy atom. The van der Waals surface area contributed by atoms with Crippen molar-refractivity contribution in [2.45, 2.75) is 33.2 Å². The maximum atomic E-state index is 11.8. The number of carbonyl (C=O) groups excluding carboxylic acids is 2. The van der Waals surface area contributed by atoms with E-state index in [9.17, 15) is 9.59 Å². The minimum atomic E-state index is -0.189. The Kier molecular flexibility index (Phi) is 3.88. The molecule has 0 heterocycles. The van der Waals surface area contributed by atoms with Gasteiger partial charge in [-0.1, -0.05) is 30.7 Å². The molecule has 0 unspecified atom stereocenters. The molecule has 2 amide bonds. The first-order chi connectivity index (χ1) is 8.97. The van der Waals surface area contributed by atoms with E-state index in [-0.39, 0.29) is 24.4 Å². The quantitative estimate of drug-likeness (QED) is 0.865. The summed E-state index contributed by atoms with van der Waals surface area (Å²) in [5, 5.41) is 5.53. The van der Waals surface area contributed by atoms with Crippen molar-refractivity contribution in [3.8, 4) is 0 Å². The molecule has 0 saturated carbocycles. The van der Waals surface area contributed by atoms with Gasteiger partial charge in [0.1, 0.15) is 0 Å². The molecule has 0 saturated heterocycles. The lowest BCUT2D eigenvalue weighted by molar-refractivity contribution is -0.125. The first kappa shape index (κ1) is 13.6. The first-order valence-corrected chi connectivity index (χ1v) is 6.60. The van der Waals surface area contributed by atoms with Gasteiger partial charge in [0, 0.05) is 6.92 Å². The van der Waals surface area contributed by atoms with Crippen LogP contribution < -0.4 is 10.6 Å². The summed E-state index contributed by atoms with van der Waals surface area (Å²) in [6, 6.07) is 6.44. The van der Waals surface area contributed by atoms with Crippen LogP contribution in [0.5, 0.6) is 0 Å². The zero-order valence-corrected chi connectivity index (χ0v) is 11.6. The fraction of sp³-hybridized carbons (Fsp3) is 0.467. The lowest BCUT2D eigenvalue weighted by Gasteiger charge is -2.19. The summed E-state index contributed by atoms with van der Waals surface area (Å²) < 4.78 is 0. The van der Waals surface area contributed by atoms with Crippen molar-refractivity contribution in [2.75, 3.05) is 6.54 Å². The minimum Gasteiger partial charge on any atom is -0.347 e. The molecule has 2 atom stereocenters. The van der Waals surface area contributed by atoms with Crippen LogP contribution in [0.2, 0.25) is 0 Å². The number of amides is 2. The monoisotopic (exact) mass is 260 g/mol. The molecule has 1 aromatic carbocycles. The fourth-order valence-corrected chi connectivity index (χ4v) is 2.61. The van der Waals surface area contributed by atoms with Gasteiger partial charge < -0.3 is 10.6 Å². The van der Waals surface area contributed by atoms with Gasteiger partial charge in [0.2, 0.25) is 11.8 Å². The molecule has 0 aliphatic heterocycles. The number of benzene rings is 1. The maximum absolute atomic E-state index is 11.8. The van der Waals surface area contributed by atoms with Crippen molar-refractivity contribution in [3.63, 3.8) is 0 Å². The third-order valence-electron chi connectivity index (χ3n) is 3.56. The van der Waals surface area contributed by atoms with E-state index in [1.807, 2.05) is 0 Å². The second-order valence-electron chi connectivity index (χ2n) is 5.34. The molecule has 0 fully saturated rings. The Balaban J connectivity index is 2.07. The van der Waals surface area contributed by atoms with Crippen molar-refractivity contribution in [3.05, 3.63) is 34.9 Å². The Hall–Kier alpha value is -1.84. The summed E-state index contributed by atoms with van der Waals surface area (Å²) in [6.45, 7) is 5.64. The molecule has 0 radical (unpaired) electrons. The predicted molar refractivity (Wildman–Crippen MR) is 73.6 cm³/mol. The van der Waals surface area contributed by atoms with Crippen molar-refractivity contribution in [1.82, 2.24) is 10.6 Å². The number of hydrogen-bond acceptors (Lipinski definition) is 2. The number of hydrogen-bond donors (Lipinski definition) is 2. The molecule has 19 heavy (non-hydrogen) atoms. The van der Waals surface area contributed by atoms with Crippen LogP contribution >= 0.6 is 0 Å². The highest BCUT2D eigenvalue weighted by Gasteiger charge is 2.30. The summed E-state index contributed by atoms with van der Waals surface area (Å²) in [5.41, 5.74) is 3.72. The average Bonchev–Trinajstić information content (AvgIpc) is 2.63. The van der Waals surface area contributed by atoms with Crippen LogP contribution in [0.1, 0.15) is 36.6 Å². The molecule has 1 aliphatic carbocycles. The Morgan fingerprint density at radius 1 is 1.37 bits per heavy atom. The number of fused-ring (bicyclic) bond motifs is 1. The lowest BCUT2D eigenvalue weighted by atomic mass is 10.0. The van der Waals surface area contributed by atoms with E-state index >= 15 is 0 Å². The van der Waals surface area contributed by atoms with E-state index < -0.39 is 0 Å². The van der Waals surface area contributed by atoms with Gasteiger partial charge in [-0.25, -0.2) is 0 Å². The zero-order valence-electron chi connectivity index (χ0n) is 11.6. The smallest absolute Gasteiger partial charge is 0.239 e. The molecule has 2 rings (SSSR count). The average molecular weight is 260 g/mol. The van der Waals surface area contributed by atoms with Crippen molar-refractivity contribution >= 4 is 11.8 Å². The van der Waals surface area contributed by atoms with Crippen LogP contribution in [-0.4, -0.2) is 18.4 Å². The molecule has 0 bridgehead atoms. The fourth-order valence-electron chi connectivity index (χ4n) is 2.61. The molecule has 4 nitrogen and oxygen atoms in total. The Morgan fingerprint density at radius 2 is 2.11 bits per heavy atom. The normalized spacial score (nSPS) is 20.8. The van der Waals surface area contributed by atoms with Crippen molar-refractivity contribution in [2.24, 2.45) is 5.92 Å². The molecule has 1 aromatic rings. The van der Waals surface area contributed by atoms with Crippen LogP contribution in [0, 0.1) is 12.8 Å². The van der Waals surface area contributed by atoms with Crippen molar-refractivity contribution < 1.29 is 9.59 Å². The topological polar surface area (TPSA) is 58.2 Å². The highest BCUT2D eigenvalue weighted by molar-refractivity contribution is 5.84. The minimum absolute atomic E-state index is 0.0414. The van der Waals surface area contributed by atoms with E-state index in [2.05, 4.69) is 42.7 Å². The van der Waals surface area contributed by atoms with E-state index in [0.717, 1.165) is 6.42 Å². The summed E-state index contributed by atoms with van der Waals surface area (Å²) in [5.74, 6) is 0.0605. The highest BCUT2D eigenvalue weighted by atomic mass is 16.2. The molecular weight excluding hydrogens is 240 g/mol. The van der Waals surface area contributed by atoms with Gasteiger partial charge in [0.25, 0.3) is 0 Å². The van der Waals surface area contributed by atoms with Crippen molar-refractivity contribution in [1.29, 1.82) is 0 Å². The van der Waals surface area contributed by atoms with E-state index in [1.165, 1.54) is 23.6 Å². The Bertz CT molecular complexity index is 511. The summed E-state index contributed by atoms with van der Waals surface area (Å²) in [4.78, 5) is 22.6. The molecule has 4 heteroatoms. The molecule has 0 spiro atoms. The van der Waals surface area contributed by atoms with Crippen LogP contribution in [0.4, 0.5) is 0 Å². The maximum Gasteiger partial charge on any atom is 0.239 e. The van der Waals surface area contributed by atoms with Gasteiger partial charge >= 0.3 is 0 Å². The molecule has 102 valence electrons. The number of carbonyl (C=O) groups is 2. The van der Waals surface area contributed by atoms with E-state index in [4.69, 9.17) is 0 Å². The van der Waals surface area contributed by atoms with E-state index in [1.54, 1.807) is 0 Å². The molecule has 0 aromatic heterocycles. The SMILES string of the molecule is CC(=O)NCC(=O)N[C@H]1c2cc(C)ccc2C[C@H]1C. The summed E-state index contributed by atoms with van der Waals surface area (Å²) >= 11 is 0. The van der Waals surface area contributed by atoms with Gasteiger partial charge in [-0.3, -0.25) is 9.59 Å². The van der Waals surface area contributed by atoms with Crippen LogP contribution in [0.25, 0.3) is 0 Å². The lowest BCUT2D eigenvalue weighted by Crippen LogP contribution is -2.38. The zero-order chi connectivity index (χ0) is 14.0. The number of nitrogens with one attached hydrogen (secondary N) is 2. The predicted octanol–water partition coefficient (Wildman–Crippen LogP) is 1.48. The van der Waals surface area contributed by atoms with Crippen LogP contribution in [0.15, 0.2) is 18.2 Å². The van der Waals surface area contributed by atoms with E-state index in [0.29, 0.717) is 5.92 Å². The third-order valence-corrected chi connectivity index (χ3v) is 3.56. The second-order valence-corrected chi connectivity index (χ2v) is 5.34. The van der Waals surface area contributed by atoms with Gasteiger partial charge in [-0.05, 0) is 30.4 Å². The number of aryl methyl sites for hydroxylation is 1. The van der Waals surface area contributed by atoms with Gasteiger partial charge in [0.05, 0.1) is 12.6 Å². The third kappa shape index (κ3) is 3.13. The van der Waals surface area contributed by atoms with Crippen LogP contribution in [-0.2, 0) is 16.0 Å². The molecule has 2 N–H and O–H groups in total. The molecular formula is C15H20N2O2. The number of rotatable bonds is 3. The largest absolute Gasteiger partial charge is 0.347 e. The highest BCUT2D eigenvalue weighted by Crippen LogP contribution is 2.36. The second kappa shape index (κ2) is 5.43. The van der Waals surface area contributed by atoms with Crippen LogP contribution in [0.3, 0.4) is 0 Å². The standard InChI is InChI=1S/C15H20N2O2/c1-9-4-5-12-7-10(2)15(13(12)6-9)17-14(19)8-16-11(3)18/h4-6,10,15H,7-8H2,1-3H3,(H,16,18)(H,17,19)/t10-,15-/m1/s1.